The summed E-state index contributed by atoms with van der Waals surface area (Å²) in [5.41, 5.74) is 0.750. The van der Waals surface area contributed by atoms with Crippen LogP contribution in [0, 0.1) is 0 Å². The van der Waals surface area contributed by atoms with Crippen molar-refractivity contribution >= 4 is 17.3 Å². The second-order valence-corrected chi connectivity index (χ2v) is 4.37. The van der Waals surface area contributed by atoms with E-state index in [1.165, 1.54) is 0 Å². The number of halogens is 1. The van der Waals surface area contributed by atoms with Crippen LogP contribution < -0.4 is 14.8 Å². The number of hydrogen-bond acceptors (Lipinski definition) is 5. The third-order valence-electron chi connectivity index (χ3n) is 2.73. The summed E-state index contributed by atoms with van der Waals surface area (Å²) in [6.07, 6.45) is -0.370. The Morgan fingerprint density at radius 2 is 1.58 bits per heavy atom. The highest BCUT2D eigenvalue weighted by atomic mass is 35.5. The van der Waals surface area contributed by atoms with Crippen molar-refractivity contribution in [1.29, 1.82) is 0 Å². The second-order valence-electron chi connectivity index (χ2n) is 3.96. The maximum absolute atomic E-state index is 6.11. The van der Waals surface area contributed by atoms with Crippen LogP contribution in [-0.4, -0.2) is 40.8 Å². The number of benzene rings is 1. The molecule has 108 valence electrons. The number of nitrogens with one attached hydrogen (secondary N) is 1. The monoisotopic (exact) mass is 289 g/mol. The van der Waals surface area contributed by atoms with Crippen LogP contribution in [0.5, 0.6) is 11.5 Å². The SMILES string of the molecule is COc1cc(OC)c(NC(C)C(OC)OC)cc1Cl. The molecule has 0 saturated heterocycles. The molecule has 1 rings (SSSR count). The van der Waals surface area contributed by atoms with Crippen molar-refractivity contribution in [3.63, 3.8) is 0 Å². The normalized spacial score (nSPS) is 12.4. The molecule has 0 radical (unpaired) electrons. The Balaban J connectivity index is 2.96. The van der Waals surface area contributed by atoms with Gasteiger partial charge in [-0.3, -0.25) is 0 Å². The van der Waals surface area contributed by atoms with Crippen LogP contribution in [0.2, 0.25) is 5.02 Å². The third kappa shape index (κ3) is 3.89. The highest BCUT2D eigenvalue weighted by Crippen LogP contribution is 2.36. The van der Waals surface area contributed by atoms with Gasteiger partial charge in [0.1, 0.15) is 11.5 Å². The maximum Gasteiger partial charge on any atom is 0.176 e. The van der Waals surface area contributed by atoms with E-state index in [-0.39, 0.29) is 12.3 Å². The molecule has 0 bridgehead atoms. The van der Waals surface area contributed by atoms with E-state index in [1.54, 1.807) is 40.6 Å². The van der Waals surface area contributed by atoms with Gasteiger partial charge in [0.05, 0.1) is 31.0 Å². The summed E-state index contributed by atoms with van der Waals surface area (Å²) in [4.78, 5) is 0. The van der Waals surface area contributed by atoms with E-state index in [0.717, 1.165) is 5.69 Å². The van der Waals surface area contributed by atoms with Gasteiger partial charge in [0.2, 0.25) is 0 Å². The molecule has 1 aromatic carbocycles. The molecule has 0 aliphatic rings. The van der Waals surface area contributed by atoms with Gasteiger partial charge in [-0.05, 0) is 13.0 Å². The van der Waals surface area contributed by atoms with E-state index in [4.69, 9.17) is 30.5 Å². The lowest BCUT2D eigenvalue weighted by atomic mass is 10.2. The van der Waals surface area contributed by atoms with Gasteiger partial charge in [0.25, 0.3) is 0 Å². The maximum atomic E-state index is 6.11. The Labute approximate surface area is 118 Å². The average molecular weight is 290 g/mol. The fourth-order valence-corrected chi connectivity index (χ4v) is 2.03. The Morgan fingerprint density at radius 1 is 1.00 bits per heavy atom. The van der Waals surface area contributed by atoms with Gasteiger partial charge >= 0.3 is 0 Å². The zero-order valence-corrected chi connectivity index (χ0v) is 12.6. The molecule has 0 fully saturated rings. The predicted molar refractivity (Wildman–Crippen MR) is 75.4 cm³/mol. The molecule has 0 heterocycles. The number of anilines is 1. The first kappa shape index (κ1) is 15.9. The average Bonchev–Trinajstić information content (AvgIpc) is 2.40. The van der Waals surface area contributed by atoms with Crippen molar-refractivity contribution in [1.82, 2.24) is 0 Å². The first-order chi connectivity index (χ1) is 9.07. The van der Waals surface area contributed by atoms with Gasteiger partial charge < -0.3 is 24.3 Å². The zero-order valence-electron chi connectivity index (χ0n) is 11.8. The number of rotatable bonds is 7. The van der Waals surface area contributed by atoms with Crippen LogP contribution in [0.25, 0.3) is 0 Å². The Kier molecular flexibility index (Phi) is 6.21. The summed E-state index contributed by atoms with van der Waals surface area (Å²) in [5.74, 6) is 1.20. The third-order valence-corrected chi connectivity index (χ3v) is 3.03. The first-order valence-corrected chi connectivity index (χ1v) is 6.18. The van der Waals surface area contributed by atoms with Gasteiger partial charge in [0, 0.05) is 20.3 Å². The van der Waals surface area contributed by atoms with Gasteiger partial charge in [-0.2, -0.15) is 0 Å². The van der Waals surface area contributed by atoms with Crippen LogP contribution in [0.4, 0.5) is 5.69 Å². The molecule has 0 amide bonds. The van der Waals surface area contributed by atoms with Crippen molar-refractivity contribution in [2.45, 2.75) is 19.3 Å². The van der Waals surface area contributed by atoms with E-state index < -0.39 is 0 Å². The molecule has 1 N–H and O–H groups in total. The minimum Gasteiger partial charge on any atom is -0.495 e. The van der Waals surface area contributed by atoms with Gasteiger partial charge in [-0.1, -0.05) is 11.6 Å². The summed E-state index contributed by atoms with van der Waals surface area (Å²) >= 11 is 6.11. The molecular formula is C13H20ClNO4. The smallest absolute Gasteiger partial charge is 0.176 e. The highest BCUT2D eigenvalue weighted by molar-refractivity contribution is 6.32. The molecule has 0 saturated carbocycles. The summed E-state index contributed by atoms with van der Waals surface area (Å²) in [7, 11) is 6.32. The summed E-state index contributed by atoms with van der Waals surface area (Å²) < 4.78 is 20.9. The summed E-state index contributed by atoms with van der Waals surface area (Å²) in [6, 6.07) is 3.40. The van der Waals surface area contributed by atoms with E-state index in [1.807, 2.05) is 6.92 Å². The van der Waals surface area contributed by atoms with Crippen LogP contribution >= 0.6 is 11.6 Å². The summed E-state index contributed by atoms with van der Waals surface area (Å²) in [6.45, 7) is 1.94. The van der Waals surface area contributed by atoms with Gasteiger partial charge in [-0.25, -0.2) is 0 Å². The van der Waals surface area contributed by atoms with Crippen LogP contribution in [0.1, 0.15) is 6.92 Å². The lowest BCUT2D eigenvalue weighted by Crippen LogP contribution is -2.33. The molecule has 6 heteroatoms. The fraction of sp³-hybridized carbons (Fsp3) is 0.538. The number of methoxy groups -OCH3 is 4. The summed E-state index contributed by atoms with van der Waals surface area (Å²) in [5, 5.41) is 3.74. The second kappa shape index (κ2) is 7.43. The fourth-order valence-electron chi connectivity index (χ4n) is 1.79. The van der Waals surface area contributed by atoms with Crippen LogP contribution in [0.3, 0.4) is 0 Å². The molecule has 0 aliphatic carbocycles. The zero-order chi connectivity index (χ0) is 14.4. The van der Waals surface area contributed by atoms with Crippen molar-refractivity contribution in [3.8, 4) is 11.5 Å². The standard InChI is InChI=1S/C13H20ClNO4/c1-8(13(18-4)19-5)15-10-6-9(14)11(16-2)7-12(10)17-3/h6-8,13,15H,1-5H3. The molecule has 19 heavy (non-hydrogen) atoms. The molecule has 1 atom stereocenters. The lowest BCUT2D eigenvalue weighted by molar-refractivity contribution is -0.109. The molecule has 1 aromatic rings. The van der Waals surface area contributed by atoms with Crippen molar-refractivity contribution in [3.05, 3.63) is 17.2 Å². The van der Waals surface area contributed by atoms with Crippen molar-refractivity contribution < 1.29 is 18.9 Å². The molecular weight excluding hydrogens is 270 g/mol. The van der Waals surface area contributed by atoms with E-state index in [9.17, 15) is 0 Å². The molecule has 0 aromatic heterocycles. The minimum absolute atomic E-state index is 0.0756. The number of ether oxygens (including phenoxy) is 4. The predicted octanol–water partition coefficient (Wildman–Crippen LogP) is 2.78. The van der Waals surface area contributed by atoms with Crippen molar-refractivity contribution in [2.75, 3.05) is 33.8 Å². The first-order valence-electron chi connectivity index (χ1n) is 5.81. The topological polar surface area (TPSA) is 49.0 Å². The van der Waals surface area contributed by atoms with Gasteiger partial charge in [-0.15, -0.1) is 0 Å². The van der Waals surface area contributed by atoms with E-state index in [0.29, 0.717) is 16.5 Å². The number of hydrogen-bond donors (Lipinski definition) is 1. The Morgan fingerprint density at radius 3 is 2.05 bits per heavy atom. The Hall–Kier alpha value is -1.17. The quantitative estimate of drug-likeness (QED) is 0.782. The largest absolute Gasteiger partial charge is 0.495 e. The van der Waals surface area contributed by atoms with E-state index in [2.05, 4.69) is 5.32 Å². The lowest BCUT2D eigenvalue weighted by Gasteiger charge is -2.24. The molecule has 1 unspecified atom stereocenters. The molecule has 5 nitrogen and oxygen atoms in total. The minimum atomic E-state index is -0.370. The van der Waals surface area contributed by atoms with Gasteiger partial charge in [0.15, 0.2) is 6.29 Å². The van der Waals surface area contributed by atoms with Crippen LogP contribution in [0.15, 0.2) is 12.1 Å². The van der Waals surface area contributed by atoms with Crippen molar-refractivity contribution in [2.24, 2.45) is 0 Å². The molecule has 0 spiro atoms. The molecule has 0 aliphatic heterocycles. The van der Waals surface area contributed by atoms with Crippen LogP contribution in [-0.2, 0) is 9.47 Å². The Bertz CT molecular complexity index is 410. The van der Waals surface area contributed by atoms with E-state index >= 15 is 0 Å². The highest BCUT2D eigenvalue weighted by Gasteiger charge is 2.18.